The second-order valence-corrected chi connectivity index (χ2v) is 3.87. The third kappa shape index (κ3) is 1.44. The topological polar surface area (TPSA) is 52.8 Å². The average Bonchev–Trinajstić information content (AvgIpc) is 3.07. The highest BCUT2D eigenvalue weighted by Gasteiger charge is 2.27. The quantitative estimate of drug-likeness (QED) is 0.783. The first kappa shape index (κ1) is 9.33. The lowest BCUT2D eigenvalue weighted by Gasteiger charge is -2.08. The molecule has 2 heterocycles. The van der Waals surface area contributed by atoms with E-state index in [0.29, 0.717) is 6.04 Å². The van der Waals surface area contributed by atoms with Gasteiger partial charge in [0.1, 0.15) is 12.1 Å². The van der Waals surface area contributed by atoms with Crippen molar-refractivity contribution in [1.29, 1.82) is 0 Å². The van der Waals surface area contributed by atoms with Crippen molar-refractivity contribution in [3.8, 4) is 17.1 Å². The highest BCUT2D eigenvalue weighted by Crippen LogP contribution is 2.38. The van der Waals surface area contributed by atoms with Gasteiger partial charge in [0.25, 0.3) is 0 Å². The van der Waals surface area contributed by atoms with Crippen LogP contribution in [0.15, 0.2) is 24.8 Å². The van der Waals surface area contributed by atoms with Gasteiger partial charge in [-0.05, 0) is 18.9 Å². The van der Waals surface area contributed by atoms with Crippen LogP contribution >= 0.6 is 0 Å². The Kier molecular flexibility index (Phi) is 2.09. The van der Waals surface area contributed by atoms with Gasteiger partial charge in [0.15, 0.2) is 5.82 Å². The van der Waals surface area contributed by atoms with Crippen LogP contribution in [0, 0.1) is 0 Å². The second kappa shape index (κ2) is 3.59. The molecule has 1 fully saturated rings. The summed E-state index contributed by atoms with van der Waals surface area (Å²) in [5, 5.41) is 8.13. The van der Waals surface area contributed by atoms with E-state index in [-0.39, 0.29) is 0 Å². The molecule has 2 aromatic rings. The summed E-state index contributed by atoms with van der Waals surface area (Å²) in [6, 6.07) is 2.46. The predicted molar refractivity (Wildman–Crippen MR) is 58.1 cm³/mol. The summed E-state index contributed by atoms with van der Waals surface area (Å²) in [5.74, 6) is 1.60. The fourth-order valence-electron chi connectivity index (χ4n) is 1.78. The summed E-state index contributed by atoms with van der Waals surface area (Å²) < 4.78 is 7.39. The molecule has 0 radical (unpaired) electrons. The molecule has 2 aromatic heterocycles. The van der Waals surface area contributed by atoms with Crippen LogP contribution in [0.2, 0.25) is 0 Å². The van der Waals surface area contributed by atoms with Crippen molar-refractivity contribution in [1.82, 2.24) is 19.7 Å². The summed E-state index contributed by atoms with van der Waals surface area (Å²) in [6.07, 6.45) is 7.63. The SMILES string of the molecule is COc1cnccc1-c1nncn1C1CC1. The van der Waals surface area contributed by atoms with Crippen LogP contribution in [-0.2, 0) is 0 Å². The monoisotopic (exact) mass is 216 g/mol. The van der Waals surface area contributed by atoms with Gasteiger partial charge in [0.2, 0.25) is 0 Å². The summed E-state index contributed by atoms with van der Waals surface area (Å²) in [6.45, 7) is 0. The minimum Gasteiger partial charge on any atom is -0.494 e. The molecule has 0 atom stereocenters. The molecule has 5 nitrogen and oxygen atoms in total. The van der Waals surface area contributed by atoms with Gasteiger partial charge in [0.05, 0.1) is 18.9 Å². The third-order valence-corrected chi connectivity index (χ3v) is 2.76. The van der Waals surface area contributed by atoms with Crippen molar-refractivity contribution in [3.63, 3.8) is 0 Å². The molecule has 1 aliphatic carbocycles. The van der Waals surface area contributed by atoms with Crippen molar-refractivity contribution >= 4 is 0 Å². The number of nitrogens with zero attached hydrogens (tertiary/aromatic N) is 4. The lowest BCUT2D eigenvalue weighted by molar-refractivity contribution is 0.414. The molecule has 0 bridgehead atoms. The van der Waals surface area contributed by atoms with Gasteiger partial charge in [-0.15, -0.1) is 10.2 Å². The molecule has 1 aliphatic rings. The Morgan fingerprint density at radius 2 is 2.31 bits per heavy atom. The zero-order chi connectivity index (χ0) is 11.0. The van der Waals surface area contributed by atoms with Gasteiger partial charge < -0.3 is 9.30 Å². The van der Waals surface area contributed by atoms with E-state index in [9.17, 15) is 0 Å². The maximum absolute atomic E-state index is 5.28. The van der Waals surface area contributed by atoms with Crippen LogP contribution in [0.3, 0.4) is 0 Å². The zero-order valence-electron chi connectivity index (χ0n) is 9.00. The largest absolute Gasteiger partial charge is 0.494 e. The lowest BCUT2D eigenvalue weighted by Crippen LogP contribution is -1.98. The maximum atomic E-state index is 5.28. The van der Waals surface area contributed by atoms with E-state index in [0.717, 1.165) is 17.1 Å². The first-order chi connectivity index (χ1) is 7.90. The van der Waals surface area contributed by atoms with E-state index in [4.69, 9.17) is 4.74 Å². The Bertz CT molecular complexity index is 504. The molecule has 3 rings (SSSR count). The van der Waals surface area contributed by atoms with Gasteiger partial charge in [-0.1, -0.05) is 0 Å². The van der Waals surface area contributed by atoms with Crippen molar-refractivity contribution < 1.29 is 4.74 Å². The number of aromatic nitrogens is 4. The molecule has 0 spiro atoms. The molecule has 82 valence electrons. The molecular weight excluding hydrogens is 204 g/mol. The Labute approximate surface area is 93.1 Å². The van der Waals surface area contributed by atoms with Crippen LogP contribution < -0.4 is 4.74 Å². The normalized spacial score (nSPS) is 15.1. The van der Waals surface area contributed by atoms with E-state index in [2.05, 4.69) is 19.7 Å². The molecule has 0 amide bonds. The predicted octanol–water partition coefficient (Wildman–Crippen LogP) is 1.68. The van der Waals surface area contributed by atoms with Crippen molar-refractivity contribution in [2.75, 3.05) is 7.11 Å². The van der Waals surface area contributed by atoms with Crippen molar-refractivity contribution in [2.24, 2.45) is 0 Å². The molecule has 0 aliphatic heterocycles. The molecule has 0 N–H and O–H groups in total. The van der Waals surface area contributed by atoms with E-state index in [1.54, 1.807) is 25.8 Å². The minimum atomic E-state index is 0.558. The lowest BCUT2D eigenvalue weighted by atomic mass is 10.2. The molecule has 1 saturated carbocycles. The maximum Gasteiger partial charge on any atom is 0.167 e. The van der Waals surface area contributed by atoms with Gasteiger partial charge in [0, 0.05) is 12.2 Å². The third-order valence-electron chi connectivity index (χ3n) is 2.76. The summed E-state index contributed by atoms with van der Waals surface area (Å²) >= 11 is 0. The van der Waals surface area contributed by atoms with Gasteiger partial charge >= 0.3 is 0 Å². The van der Waals surface area contributed by atoms with Crippen molar-refractivity contribution in [3.05, 3.63) is 24.8 Å². The Morgan fingerprint density at radius 1 is 1.44 bits per heavy atom. The minimum absolute atomic E-state index is 0.558. The van der Waals surface area contributed by atoms with E-state index >= 15 is 0 Å². The Hall–Kier alpha value is -1.91. The van der Waals surface area contributed by atoms with E-state index < -0.39 is 0 Å². The first-order valence-electron chi connectivity index (χ1n) is 5.28. The Morgan fingerprint density at radius 3 is 3.06 bits per heavy atom. The molecule has 0 aromatic carbocycles. The molecule has 16 heavy (non-hydrogen) atoms. The first-order valence-corrected chi connectivity index (χ1v) is 5.28. The highest BCUT2D eigenvalue weighted by molar-refractivity contribution is 5.63. The highest BCUT2D eigenvalue weighted by atomic mass is 16.5. The second-order valence-electron chi connectivity index (χ2n) is 3.87. The van der Waals surface area contributed by atoms with Crippen LogP contribution in [0.5, 0.6) is 5.75 Å². The van der Waals surface area contributed by atoms with Gasteiger partial charge in [-0.3, -0.25) is 4.98 Å². The number of hydrogen-bond donors (Lipinski definition) is 0. The fraction of sp³-hybridized carbons (Fsp3) is 0.364. The zero-order valence-corrected chi connectivity index (χ0v) is 9.00. The summed E-state index contributed by atoms with van der Waals surface area (Å²) in [5.41, 5.74) is 0.946. The number of ether oxygens (including phenoxy) is 1. The van der Waals surface area contributed by atoms with Gasteiger partial charge in [-0.2, -0.15) is 0 Å². The fourth-order valence-corrected chi connectivity index (χ4v) is 1.78. The molecule has 5 heteroatoms. The average molecular weight is 216 g/mol. The Balaban J connectivity index is 2.10. The number of hydrogen-bond acceptors (Lipinski definition) is 4. The van der Waals surface area contributed by atoms with E-state index in [1.807, 2.05) is 6.07 Å². The van der Waals surface area contributed by atoms with Crippen molar-refractivity contribution in [2.45, 2.75) is 18.9 Å². The number of methoxy groups -OCH3 is 1. The van der Waals surface area contributed by atoms with Crippen LogP contribution in [0.1, 0.15) is 18.9 Å². The molecular formula is C11H12N4O. The van der Waals surface area contributed by atoms with E-state index in [1.165, 1.54) is 12.8 Å². The number of rotatable bonds is 3. The number of pyridine rings is 1. The van der Waals surface area contributed by atoms with Crippen LogP contribution in [0.4, 0.5) is 0 Å². The summed E-state index contributed by atoms with van der Waals surface area (Å²) in [4.78, 5) is 4.03. The van der Waals surface area contributed by atoms with Gasteiger partial charge in [-0.25, -0.2) is 0 Å². The van der Waals surface area contributed by atoms with Crippen LogP contribution in [0.25, 0.3) is 11.4 Å². The van der Waals surface area contributed by atoms with Crippen LogP contribution in [-0.4, -0.2) is 26.9 Å². The smallest absolute Gasteiger partial charge is 0.167 e. The molecule has 0 saturated heterocycles. The standard InChI is InChI=1S/C11H12N4O/c1-16-10-6-12-5-4-9(10)11-14-13-7-15(11)8-2-3-8/h4-8H,2-3H2,1H3. The summed E-state index contributed by atoms with van der Waals surface area (Å²) in [7, 11) is 1.64. The molecule has 0 unspecified atom stereocenters.